The van der Waals surface area contributed by atoms with Gasteiger partial charge in [-0.05, 0) is 97.8 Å². The Kier molecular flexibility index (Phi) is 11.2. The minimum absolute atomic E-state index is 0.0572. The number of likely N-dealkylation sites (tertiary alicyclic amines) is 1. The van der Waals surface area contributed by atoms with Crippen LogP contribution in [0.3, 0.4) is 0 Å². The molecular formula is C48H51FN12O5S. The number of hydrogen-bond acceptors (Lipinski definition) is 12. The Bertz CT molecular complexity index is 2890. The molecule has 4 amide bonds. The van der Waals surface area contributed by atoms with E-state index in [9.17, 15) is 24.3 Å². The van der Waals surface area contributed by atoms with Crippen molar-refractivity contribution in [1.29, 1.82) is 0 Å². The fourth-order valence-electron chi connectivity index (χ4n) is 10.5. The number of carbonyl (C=O) groups excluding carboxylic acids is 4. The molecule has 2 unspecified atom stereocenters. The number of rotatable bonds is 10. The number of nitrogens with zero attached hydrogens (tertiary/aromatic N) is 10. The fourth-order valence-corrected chi connectivity index (χ4v) is 11.1. The van der Waals surface area contributed by atoms with E-state index >= 15 is 4.39 Å². The summed E-state index contributed by atoms with van der Waals surface area (Å²) in [6.45, 7) is 5.78. The van der Waals surface area contributed by atoms with E-state index in [4.69, 9.17) is 0 Å². The van der Waals surface area contributed by atoms with Crippen LogP contribution in [0.1, 0.15) is 70.5 Å². The molecule has 0 bridgehead atoms. The van der Waals surface area contributed by atoms with Crippen molar-refractivity contribution in [1.82, 2.24) is 44.3 Å². The lowest BCUT2D eigenvalue weighted by Crippen LogP contribution is -2.54. The van der Waals surface area contributed by atoms with E-state index < -0.39 is 30.0 Å². The summed E-state index contributed by atoms with van der Waals surface area (Å²) in [5.41, 5.74) is 6.45. The molecule has 11 rings (SSSR count). The summed E-state index contributed by atoms with van der Waals surface area (Å²) in [5, 5.41) is 23.7. The van der Waals surface area contributed by atoms with Crippen molar-refractivity contribution >= 4 is 62.5 Å². The zero-order valence-electron chi connectivity index (χ0n) is 37.1. The Morgan fingerprint density at radius 2 is 1.75 bits per heavy atom. The smallest absolute Gasteiger partial charge is 0.255 e. The number of anilines is 3. The van der Waals surface area contributed by atoms with Gasteiger partial charge in [0.15, 0.2) is 17.0 Å². The van der Waals surface area contributed by atoms with Gasteiger partial charge in [-0.3, -0.25) is 34.1 Å². The van der Waals surface area contributed by atoms with Gasteiger partial charge in [0, 0.05) is 92.2 Å². The summed E-state index contributed by atoms with van der Waals surface area (Å²) >= 11 is 1.28. The number of nitrogens with one attached hydrogen (secondary N) is 2. The monoisotopic (exact) mass is 926 g/mol. The molecule has 3 aromatic carbocycles. The van der Waals surface area contributed by atoms with Crippen molar-refractivity contribution in [3.8, 4) is 11.1 Å². The SMILES string of the molecule is Cn1nc(N2CCC(=O)NC2O)c2ccc(C3CCN(CC(=O)N4CCN(c5ccc(-c6cc(F)c7c(c6)C(=O)N(C(C(=O)Nc6nccs6)c6ncn8c6CCC8)C7)cc5)CC4)CC3)cc21. The Morgan fingerprint density at radius 3 is 2.51 bits per heavy atom. The fraction of sp³-hybridized carbons (Fsp3) is 0.396. The van der Waals surface area contributed by atoms with E-state index in [1.807, 2.05) is 45.5 Å². The Hall–Kier alpha value is -6.70. The normalized spacial score (nSPS) is 19.5. The molecule has 3 fully saturated rings. The van der Waals surface area contributed by atoms with Gasteiger partial charge in [0.1, 0.15) is 5.82 Å². The Labute approximate surface area is 389 Å². The van der Waals surface area contributed by atoms with Crippen molar-refractivity contribution in [2.45, 2.75) is 63.5 Å². The summed E-state index contributed by atoms with van der Waals surface area (Å²) in [6, 6.07) is 16.4. The maximum absolute atomic E-state index is 16.0. The van der Waals surface area contributed by atoms with Crippen molar-refractivity contribution in [2.24, 2.45) is 7.05 Å². The van der Waals surface area contributed by atoms with Crippen LogP contribution in [0.4, 0.5) is 21.0 Å². The second kappa shape index (κ2) is 17.5. The number of hydrogen-bond donors (Lipinski definition) is 3. The molecule has 19 heteroatoms. The van der Waals surface area contributed by atoms with Crippen LogP contribution in [0, 0.1) is 5.82 Å². The number of aryl methyl sites for hydroxylation is 2. The van der Waals surface area contributed by atoms with Gasteiger partial charge < -0.3 is 34.6 Å². The molecule has 8 heterocycles. The standard InChI is InChI=1S/C48H51FN12O5S/c1-55-39-25-31(6-9-34(39)44(54-55)60-17-12-40(62)52-48(60)66)30-10-15-56(16-11-30)27-41(63)58-20-18-57(19-21-58)33-7-4-29(5-8-33)32-23-35-36(37(49)24-32)26-61(46(35)65)43(45(64)53-47-50-13-22-67-47)42-38-3-2-14-59(38)28-51-42/h4-9,13,22-25,28,30,43,48,66H,2-3,10-12,14-21,26-27H2,1H3,(H,52,62)(H,50,53,64). The number of piperidine rings is 1. The van der Waals surface area contributed by atoms with Crippen molar-refractivity contribution in [3.63, 3.8) is 0 Å². The van der Waals surface area contributed by atoms with Crippen LogP contribution in [0.2, 0.25) is 0 Å². The van der Waals surface area contributed by atoms with Gasteiger partial charge in [0.2, 0.25) is 18.2 Å². The Balaban J connectivity index is 0.690. The zero-order valence-corrected chi connectivity index (χ0v) is 37.9. The van der Waals surface area contributed by atoms with Gasteiger partial charge in [-0.1, -0.05) is 18.2 Å². The molecule has 5 aliphatic rings. The quantitative estimate of drug-likeness (QED) is 0.177. The average Bonchev–Trinajstić information content (AvgIpc) is 4.20. The lowest BCUT2D eigenvalue weighted by Gasteiger charge is -2.38. The third-order valence-electron chi connectivity index (χ3n) is 14.2. The zero-order chi connectivity index (χ0) is 45.9. The van der Waals surface area contributed by atoms with Gasteiger partial charge in [0.25, 0.3) is 11.8 Å². The topological polar surface area (TPSA) is 177 Å². The maximum atomic E-state index is 16.0. The lowest BCUT2D eigenvalue weighted by molar-refractivity contribution is -0.133. The van der Waals surface area contributed by atoms with Crippen LogP contribution in [0.15, 0.2) is 72.5 Å². The van der Waals surface area contributed by atoms with Crippen molar-refractivity contribution < 1.29 is 28.7 Å². The summed E-state index contributed by atoms with van der Waals surface area (Å²) in [6.07, 6.45) is 6.04. The first kappa shape index (κ1) is 42.9. The van der Waals surface area contributed by atoms with Crippen LogP contribution in [0.5, 0.6) is 0 Å². The average molecular weight is 927 g/mol. The number of halogens is 1. The summed E-state index contributed by atoms with van der Waals surface area (Å²) in [5.74, 6) is -0.392. The van der Waals surface area contributed by atoms with Gasteiger partial charge in [-0.25, -0.2) is 14.4 Å². The van der Waals surface area contributed by atoms with Gasteiger partial charge in [-0.2, -0.15) is 5.10 Å². The number of imidazole rings is 1. The van der Waals surface area contributed by atoms with E-state index in [1.54, 1.807) is 28.9 Å². The first-order chi connectivity index (χ1) is 32.6. The number of aromatic nitrogens is 5. The highest BCUT2D eigenvalue weighted by molar-refractivity contribution is 7.13. The van der Waals surface area contributed by atoms with E-state index in [-0.39, 0.29) is 29.5 Å². The maximum Gasteiger partial charge on any atom is 0.255 e. The molecule has 3 aromatic heterocycles. The van der Waals surface area contributed by atoms with Gasteiger partial charge in [-0.15, -0.1) is 11.3 Å². The highest BCUT2D eigenvalue weighted by Gasteiger charge is 2.42. The molecule has 5 aliphatic heterocycles. The predicted octanol–water partition coefficient (Wildman–Crippen LogP) is 4.44. The van der Waals surface area contributed by atoms with Gasteiger partial charge in [0.05, 0.1) is 30.6 Å². The molecule has 346 valence electrons. The van der Waals surface area contributed by atoms with Crippen LogP contribution in [-0.2, 0) is 40.9 Å². The van der Waals surface area contributed by atoms with E-state index in [2.05, 4.69) is 53.7 Å². The van der Waals surface area contributed by atoms with E-state index in [0.29, 0.717) is 73.8 Å². The van der Waals surface area contributed by atoms with Gasteiger partial charge >= 0.3 is 0 Å². The lowest BCUT2D eigenvalue weighted by atomic mass is 9.89. The number of benzene rings is 3. The predicted molar refractivity (Wildman–Crippen MR) is 250 cm³/mol. The number of carbonyl (C=O) groups is 4. The largest absolute Gasteiger partial charge is 0.368 e. The van der Waals surface area contributed by atoms with Crippen LogP contribution in [0.25, 0.3) is 22.0 Å². The first-order valence-electron chi connectivity index (χ1n) is 23.0. The molecule has 0 radical (unpaired) electrons. The summed E-state index contributed by atoms with van der Waals surface area (Å²) in [7, 11) is 1.90. The van der Waals surface area contributed by atoms with Crippen LogP contribution in [-0.4, -0.2) is 126 Å². The number of piperazine rings is 1. The van der Waals surface area contributed by atoms with Crippen LogP contribution < -0.4 is 20.4 Å². The summed E-state index contributed by atoms with van der Waals surface area (Å²) in [4.78, 5) is 71.7. The number of amides is 4. The molecular weight excluding hydrogens is 876 g/mol. The minimum Gasteiger partial charge on any atom is -0.368 e. The highest BCUT2D eigenvalue weighted by Crippen LogP contribution is 2.39. The van der Waals surface area contributed by atoms with E-state index in [1.165, 1.54) is 27.9 Å². The number of aliphatic hydroxyl groups excluding tert-OH is 1. The minimum atomic E-state index is -1.11. The molecule has 17 nitrogen and oxygen atoms in total. The second-order valence-corrected chi connectivity index (χ2v) is 19.0. The third kappa shape index (κ3) is 8.07. The molecule has 67 heavy (non-hydrogen) atoms. The molecule has 0 aliphatic carbocycles. The number of aliphatic hydroxyl groups is 1. The first-order valence-corrected chi connectivity index (χ1v) is 23.9. The third-order valence-corrected chi connectivity index (χ3v) is 14.9. The second-order valence-electron chi connectivity index (χ2n) is 18.1. The van der Waals surface area contributed by atoms with Crippen LogP contribution >= 0.6 is 11.3 Å². The van der Waals surface area contributed by atoms with Crippen molar-refractivity contribution in [3.05, 3.63) is 106 Å². The summed E-state index contributed by atoms with van der Waals surface area (Å²) < 4.78 is 19.8. The number of thiazole rings is 1. The van der Waals surface area contributed by atoms with Crippen molar-refractivity contribution in [2.75, 3.05) is 67.5 Å². The highest BCUT2D eigenvalue weighted by atomic mass is 32.1. The molecule has 0 saturated carbocycles. The molecule has 6 aromatic rings. The van der Waals surface area contributed by atoms with E-state index in [0.717, 1.165) is 73.2 Å². The number of fused-ring (bicyclic) bond motifs is 3. The Morgan fingerprint density at radius 1 is 0.940 bits per heavy atom. The molecule has 2 atom stereocenters. The molecule has 3 saturated heterocycles. The molecule has 0 spiro atoms. The molecule has 3 N–H and O–H groups in total.